The van der Waals surface area contributed by atoms with E-state index in [1.165, 1.54) is 0 Å². The first-order valence-electron chi connectivity index (χ1n) is 10.2. The highest BCUT2D eigenvalue weighted by Crippen LogP contribution is 2.39. The number of anilines is 1. The fourth-order valence-corrected chi connectivity index (χ4v) is 5.16. The summed E-state index contributed by atoms with van der Waals surface area (Å²) in [5.74, 6) is 1.66. The molecule has 6 heterocycles. The average Bonchev–Trinajstić information content (AvgIpc) is 3.52. The van der Waals surface area contributed by atoms with Gasteiger partial charge in [0.15, 0.2) is 11.6 Å². The van der Waals surface area contributed by atoms with E-state index >= 15 is 0 Å². The average molecular weight is 432 g/mol. The number of H-pyrrole nitrogens is 1. The third kappa shape index (κ3) is 3.00. The summed E-state index contributed by atoms with van der Waals surface area (Å²) >= 11 is 1.67. The van der Waals surface area contributed by atoms with E-state index in [0.717, 1.165) is 50.4 Å². The number of pyridine rings is 1. The first-order valence-corrected chi connectivity index (χ1v) is 11.1. The van der Waals surface area contributed by atoms with Crippen molar-refractivity contribution < 1.29 is 4.74 Å². The molecule has 0 saturated carbocycles. The van der Waals surface area contributed by atoms with Gasteiger partial charge in [-0.2, -0.15) is 5.10 Å². The zero-order chi connectivity index (χ0) is 20.9. The Morgan fingerprint density at radius 3 is 2.97 bits per heavy atom. The third-order valence-electron chi connectivity index (χ3n) is 5.73. The van der Waals surface area contributed by atoms with Gasteiger partial charge in [-0.05, 0) is 25.1 Å². The van der Waals surface area contributed by atoms with Gasteiger partial charge in [0.25, 0.3) is 0 Å². The van der Waals surface area contributed by atoms with Crippen LogP contribution in [0.1, 0.15) is 6.92 Å². The van der Waals surface area contributed by atoms with E-state index < -0.39 is 0 Å². The topological polar surface area (TPSA) is 84.8 Å². The quantitative estimate of drug-likeness (QED) is 0.467. The standard InChI is InChI=1S/C22H21N7OS/c1-13-11-30-10-9-29(13)22-19-18(16(12-31-19)17-5-8-28(2)27-17)25-21(26-22)15-4-7-24-20-14(15)3-6-23-20/h3-8,12-13H,9-11H2,1-2H3,(H,23,24)/t13-/m1/s1. The number of aromatic nitrogens is 6. The molecule has 0 amide bonds. The van der Waals surface area contributed by atoms with Crippen LogP contribution in [0.4, 0.5) is 5.82 Å². The lowest BCUT2D eigenvalue weighted by molar-refractivity contribution is 0.0987. The van der Waals surface area contributed by atoms with E-state index in [9.17, 15) is 0 Å². The molecule has 5 aromatic rings. The molecule has 0 aliphatic carbocycles. The second-order valence-corrected chi connectivity index (χ2v) is 8.67. The molecule has 31 heavy (non-hydrogen) atoms. The normalized spacial score (nSPS) is 17.1. The molecule has 1 N–H and O–H groups in total. The summed E-state index contributed by atoms with van der Waals surface area (Å²) in [7, 11) is 1.93. The van der Waals surface area contributed by atoms with Crippen LogP contribution < -0.4 is 4.90 Å². The Hall–Kier alpha value is -3.30. The Kier molecular flexibility index (Phi) is 4.25. The van der Waals surface area contributed by atoms with E-state index in [-0.39, 0.29) is 6.04 Å². The molecular weight excluding hydrogens is 410 g/mol. The summed E-state index contributed by atoms with van der Waals surface area (Å²) in [5.41, 5.74) is 4.68. The Morgan fingerprint density at radius 2 is 2.13 bits per heavy atom. The smallest absolute Gasteiger partial charge is 0.163 e. The number of nitrogens with one attached hydrogen (secondary N) is 1. The fourth-order valence-electron chi connectivity index (χ4n) is 4.16. The molecule has 156 valence electrons. The van der Waals surface area contributed by atoms with E-state index in [0.29, 0.717) is 19.0 Å². The van der Waals surface area contributed by atoms with E-state index in [1.54, 1.807) is 17.5 Å². The van der Waals surface area contributed by atoms with Crippen molar-refractivity contribution in [1.29, 1.82) is 0 Å². The fraction of sp³-hybridized carbons (Fsp3) is 0.273. The number of rotatable bonds is 3. The van der Waals surface area contributed by atoms with Crippen LogP contribution in [0.25, 0.3) is 43.9 Å². The van der Waals surface area contributed by atoms with Gasteiger partial charge in [-0.25, -0.2) is 15.0 Å². The number of ether oxygens (including phenoxy) is 1. The van der Waals surface area contributed by atoms with Crippen LogP contribution >= 0.6 is 11.3 Å². The molecule has 1 fully saturated rings. The number of aryl methyl sites for hydroxylation is 1. The lowest BCUT2D eigenvalue weighted by atomic mass is 10.1. The molecule has 6 rings (SSSR count). The molecule has 5 aromatic heterocycles. The van der Waals surface area contributed by atoms with Crippen LogP contribution in [-0.2, 0) is 11.8 Å². The maximum atomic E-state index is 5.68. The summed E-state index contributed by atoms with van der Waals surface area (Å²) in [6.07, 6.45) is 5.65. The minimum Gasteiger partial charge on any atom is -0.377 e. The largest absolute Gasteiger partial charge is 0.377 e. The van der Waals surface area contributed by atoms with Crippen LogP contribution in [-0.4, -0.2) is 55.5 Å². The number of nitrogens with zero attached hydrogens (tertiary/aromatic N) is 6. The van der Waals surface area contributed by atoms with Crippen molar-refractivity contribution in [3.63, 3.8) is 0 Å². The summed E-state index contributed by atoms with van der Waals surface area (Å²) in [6, 6.07) is 6.27. The highest BCUT2D eigenvalue weighted by Gasteiger charge is 2.26. The van der Waals surface area contributed by atoms with Crippen LogP contribution in [0.15, 0.2) is 42.2 Å². The molecule has 9 heteroatoms. The van der Waals surface area contributed by atoms with E-state index in [4.69, 9.17) is 14.7 Å². The van der Waals surface area contributed by atoms with Gasteiger partial charge in [0.2, 0.25) is 0 Å². The second-order valence-electron chi connectivity index (χ2n) is 7.79. The number of aromatic amines is 1. The molecule has 1 atom stereocenters. The van der Waals surface area contributed by atoms with Gasteiger partial charge >= 0.3 is 0 Å². The van der Waals surface area contributed by atoms with Gasteiger partial charge in [0, 0.05) is 54.1 Å². The number of hydrogen-bond acceptors (Lipinski definition) is 7. The Morgan fingerprint density at radius 1 is 1.19 bits per heavy atom. The number of thiophene rings is 1. The van der Waals surface area contributed by atoms with Crippen molar-refractivity contribution in [2.75, 3.05) is 24.7 Å². The maximum Gasteiger partial charge on any atom is 0.163 e. The lowest BCUT2D eigenvalue weighted by Gasteiger charge is -2.34. The highest BCUT2D eigenvalue weighted by atomic mass is 32.1. The summed E-state index contributed by atoms with van der Waals surface area (Å²) < 4.78 is 8.58. The van der Waals surface area contributed by atoms with Crippen molar-refractivity contribution in [1.82, 2.24) is 29.7 Å². The van der Waals surface area contributed by atoms with Crippen LogP contribution in [0.2, 0.25) is 0 Å². The predicted molar refractivity (Wildman–Crippen MR) is 122 cm³/mol. The zero-order valence-corrected chi connectivity index (χ0v) is 18.1. The molecule has 1 aliphatic rings. The maximum absolute atomic E-state index is 5.68. The minimum atomic E-state index is 0.241. The van der Waals surface area contributed by atoms with Crippen molar-refractivity contribution in [3.05, 3.63) is 42.2 Å². The van der Waals surface area contributed by atoms with Gasteiger partial charge in [0.1, 0.15) is 5.65 Å². The minimum absolute atomic E-state index is 0.241. The molecule has 0 radical (unpaired) electrons. The van der Waals surface area contributed by atoms with Crippen molar-refractivity contribution in [2.45, 2.75) is 13.0 Å². The molecule has 1 aliphatic heterocycles. The van der Waals surface area contributed by atoms with Crippen molar-refractivity contribution >= 4 is 38.4 Å². The monoisotopic (exact) mass is 431 g/mol. The van der Waals surface area contributed by atoms with E-state index in [1.807, 2.05) is 42.3 Å². The number of hydrogen-bond donors (Lipinski definition) is 1. The van der Waals surface area contributed by atoms with Crippen molar-refractivity contribution in [3.8, 4) is 22.6 Å². The van der Waals surface area contributed by atoms with Crippen LogP contribution in [0, 0.1) is 0 Å². The van der Waals surface area contributed by atoms with Gasteiger partial charge in [-0.3, -0.25) is 4.68 Å². The predicted octanol–water partition coefficient (Wildman–Crippen LogP) is 3.86. The van der Waals surface area contributed by atoms with Gasteiger partial charge in [-0.1, -0.05) is 0 Å². The van der Waals surface area contributed by atoms with Gasteiger partial charge < -0.3 is 14.6 Å². The Labute approximate surface area is 182 Å². The molecule has 0 unspecified atom stereocenters. The highest BCUT2D eigenvalue weighted by molar-refractivity contribution is 7.18. The first kappa shape index (κ1) is 18.5. The molecule has 1 saturated heterocycles. The molecule has 8 nitrogen and oxygen atoms in total. The van der Waals surface area contributed by atoms with Gasteiger partial charge in [0.05, 0.1) is 35.2 Å². The molecule has 0 spiro atoms. The number of morpholine rings is 1. The lowest BCUT2D eigenvalue weighted by Crippen LogP contribution is -2.44. The van der Waals surface area contributed by atoms with Crippen LogP contribution in [0.3, 0.4) is 0 Å². The summed E-state index contributed by atoms with van der Waals surface area (Å²) in [6.45, 7) is 4.37. The summed E-state index contributed by atoms with van der Waals surface area (Å²) in [4.78, 5) is 20.1. The van der Waals surface area contributed by atoms with Crippen LogP contribution in [0.5, 0.6) is 0 Å². The Bertz CT molecular complexity index is 1400. The number of fused-ring (bicyclic) bond motifs is 2. The zero-order valence-electron chi connectivity index (χ0n) is 17.2. The Balaban J connectivity index is 1.63. The molecule has 0 aromatic carbocycles. The second kappa shape index (κ2) is 7.14. The third-order valence-corrected chi connectivity index (χ3v) is 6.69. The van der Waals surface area contributed by atoms with Crippen molar-refractivity contribution in [2.24, 2.45) is 7.05 Å². The van der Waals surface area contributed by atoms with E-state index in [2.05, 4.69) is 32.3 Å². The first-order chi connectivity index (χ1) is 15.2. The SMILES string of the molecule is C[C@@H]1COCCN1c1nc(-c2ccnc3[nH]ccc23)nc2c(-c3ccn(C)n3)csc12. The molecular formula is C22H21N7OS. The molecule has 0 bridgehead atoms. The van der Waals surface area contributed by atoms with Gasteiger partial charge in [-0.15, -0.1) is 11.3 Å². The summed E-state index contributed by atoms with van der Waals surface area (Å²) in [5, 5.41) is 7.77.